The number of esters is 1. The van der Waals surface area contributed by atoms with Crippen molar-refractivity contribution in [3.05, 3.63) is 126 Å². The number of anilines is 3. The van der Waals surface area contributed by atoms with Gasteiger partial charge in [-0.25, -0.2) is 14.5 Å². The lowest BCUT2D eigenvalue weighted by molar-refractivity contribution is -0.116. The summed E-state index contributed by atoms with van der Waals surface area (Å²) in [6, 6.07) is 21.0. The van der Waals surface area contributed by atoms with Crippen molar-refractivity contribution < 1.29 is 47.7 Å². The highest BCUT2D eigenvalue weighted by Gasteiger charge is 2.46. The lowest BCUT2D eigenvalue weighted by Gasteiger charge is -2.41. The van der Waals surface area contributed by atoms with Gasteiger partial charge in [0.05, 0.1) is 43.8 Å². The van der Waals surface area contributed by atoms with Crippen LogP contribution in [0.5, 0.6) is 11.5 Å². The summed E-state index contributed by atoms with van der Waals surface area (Å²) in [6.45, 7) is 4.01. The van der Waals surface area contributed by atoms with Crippen molar-refractivity contribution in [2.45, 2.75) is 38.1 Å². The average molecular weight is 845 g/mol. The van der Waals surface area contributed by atoms with E-state index in [1.807, 2.05) is 42.6 Å². The van der Waals surface area contributed by atoms with Crippen LogP contribution in [-0.2, 0) is 46.1 Å². The minimum atomic E-state index is -0.905. The number of ether oxygens (including phenoxy) is 5. The van der Waals surface area contributed by atoms with Crippen molar-refractivity contribution in [2.75, 3.05) is 50.1 Å². The molecule has 7 rings (SSSR count). The van der Waals surface area contributed by atoms with Gasteiger partial charge >= 0.3 is 12.1 Å². The second-order valence-corrected chi connectivity index (χ2v) is 14.8. The maximum absolute atomic E-state index is 14.3. The number of carbonyl (C=O) groups excluding carboxylic acids is 5. The summed E-state index contributed by atoms with van der Waals surface area (Å²) >= 11 is 0. The molecule has 3 aromatic carbocycles. The molecule has 0 saturated heterocycles. The molecule has 0 radical (unpaired) electrons. The van der Waals surface area contributed by atoms with Crippen molar-refractivity contribution >= 4 is 46.8 Å². The molecule has 2 aromatic heterocycles. The number of hydrogen-bond acceptors (Lipinski definition) is 10. The van der Waals surface area contributed by atoms with Gasteiger partial charge in [0, 0.05) is 63.9 Å². The van der Waals surface area contributed by atoms with Crippen LogP contribution in [0.2, 0.25) is 0 Å². The first-order chi connectivity index (χ1) is 29.9. The Bertz CT molecular complexity index is 2520. The van der Waals surface area contributed by atoms with Crippen LogP contribution in [0.4, 0.5) is 21.9 Å². The predicted octanol–water partition coefficient (Wildman–Crippen LogP) is 6.56. The fourth-order valence-corrected chi connectivity index (χ4v) is 7.81. The van der Waals surface area contributed by atoms with E-state index in [1.165, 1.54) is 32.3 Å². The van der Waals surface area contributed by atoms with E-state index in [0.29, 0.717) is 42.1 Å². The number of aromatic nitrogens is 2. The zero-order valence-corrected chi connectivity index (χ0v) is 35.1. The third kappa shape index (κ3) is 8.76. The van der Waals surface area contributed by atoms with E-state index in [4.69, 9.17) is 23.7 Å². The predicted molar refractivity (Wildman–Crippen MR) is 231 cm³/mol. The second-order valence-electron chi connectivity index (χ2n) is 14.8. The van der Waals surface area contributed by atoms with Crippen LogP contribution in [0, 0.1) is 0 Å². The molecule has 16 heteroatoms. The van der Waals surface area contributed by atoms with Crippen LogP contribution in [0.15, 0.2) is 97.8 Å². The molecule has 16 nitrogen and oxygen atoms in total. The second kappa shape index (κ2) is 18.5. The minimum absolute atomic E-state index is 0.0570. The van der Waals surface area contributed by atoms with E-state index >= 15 is 0 Å². The quantitative estimate of drug-likeness (QED) is 0.0709. The Morgan fingerprint density at radius 2 is 1.58 bits per heavy atom. The Morgan fingerprint density at radius 1 is 0.839 bits per heavy atom. The first-order valence-electron chi connectivity index (χ1n) is 19.9. The summed E-state index contributed by atoms with van der Waals surface area (Å²) in [5.41, 5.74) is 5.93. The Kier molecular flexibility index (Phi) is 12.8. The maximum atomic E-state index is 14.3. The molecule has 1 unspecified atom stereocenters. The molecule has 62 heavy (non-hydrogen) atoms. The molecule has 2 aliphatic rings. The molecule has 5 aromatic rings. The van der Waals surface area contributed by atoms with Gasteiger partial charge in [0.2, 0.25) is 5.91 Å². The lowest BCUT2D eigenvalue weighted by atomic mass is 9.92. The van der Waals surface area contributed by atoms with Crippen LogP contribution in [-0.4, -0.2) is 90.6 Å². The Labute approximate surface area is 358 Å². The molecule has 0 fully saturated rings. The standard InChI is InChI=1S/C46H48N6O10/c1-7-18-62-46(57)52-35-24-40(39(58-4)23-34(35)43(55)51-26-30-12-9-8-11-29(30)20-37(51)44(52)59-5)61-19-10-13-41(53)47-33-22-36(50(3)27-33)42(54)48-32-16-14-28(15-17-32)31-21-38(45(56)60-6)49(2)25-31/h7-9,11-12,14-17,21-25,27,37,44H,1,10,13,18-20,26H2,2-6H3,(H,47,53)(H,48,54)/t37-,44?/m0/s1. The summed E-state index contributed by atoms with van der Waals surface area (Å²) in [4.78, 5) is 69.4. The Hall–Kier alpha value is -7.33. The highest BCUT2D eigenvalue weighted by molar-refractivity contribution is 6.06. The van der Waals surface area contributed by atoms with Gasteiger partial charge in [0.15, 0.2) is 17.7 Å². The number of hydrogen-bond donors (Lipinski definition) is 2. The van der Waals surface area contributed by atoms with Crippen molar-refractivity contribution in [2.24, 2.45) is 14.1 Å². The molecule has 0 spiro atoms. The fourth-order valence-electron chi connectivity index (χ4n) is 7.81. The van der Waals surface area contributed by atoms with Crippen LogP contribution in [0.3, 0.4) is 0 Å². The first kappa shape index (κ1) is 42.8. The zero-order valence-electron chi connectivity index (χ0n) is 35.1. The SMILES string of the molecule is C=CCOC(=O)N1c2cc(OCCCC(=O)Nc3cc(C(=O)Nc4ccc(-c5cc(C(=O)OC)n(C)c5)cc4)n(C)c3)c(OC)cc2C(=O)N2Cc3ccccc3C[C@H]2C1OC. The van der Waals surface area contributed by atoms with Crippen LogP contribution < -0.4 is 25.0 Å². The van der Waals surface area contributed by atoms with E-state index < -0.39 is 24.3 Å². The third-order valence-electron chi connectivity index (χ3n) is 10.9. The van der Waals surface area contributed by atoms with E-state index in [-0.39, 0.29) is 60.1 Å². The van der Waals surface area contributed by atoms with E-state index in [9.17, 15) is 24.0 Å². The number of amides is 4. The van der Waals surface area contributed by atoms with Gasteiger partial charge in [-0.2, -0.15) is 0 Å². The average Bonchev–Trinajstić information content (AvgIpc) is 3.83. The summed E-state index contributed by atoms with van der Waals surface area (Å²) in [7, 11) is 7.74. The van der Waals surface area contributed by atoms with Gasteiger partial charge in [-0.05, 0) is 59.9 Å². The van der Waals surface area contributed by atoms with Crippen LogP contribution >= 0.6 is 0 Å². The normalized spacial score (nSPS) is 15.3. The zero-order chi connectivity index (χ0) is 44.1. The highest BCUT2D eigenvalue weighted by Crippen LogP contribution is 2.42. The van der Waals surface area contributed by atoms with Crippen LogP contribution in [0.1, 0.15) is 55.3 Å². The van der Waals surface area contributed by atoms with Gasteiger partial charge in [-0.3, -0.25) is 14.4 Å². The number of benzene rings is 3. The third-order valence-corrected chi connectivity index (χ3v) is 10.9. The molecule has 2 atom stereocenters. The maximum Gasteiger partial charge on any atom is 0.416 e. The molecule has 4 heterocycles. The molecule has 2 aliphatic heterocycles. The molecule has 0 bridgehead atoms. The highest BCUT2D eigenvalue weighted by atomic mass is 16.6. The summed E-state index contributed by atoms with van der Waals surface area (Å²) in [6.07, 6.45) is 4.13. The molecule has 0 aliphatic carbocycles. The summed E-state index contributed by atoms with van der Waals surface area (Å²) in [5, 5.41) is 5.72. The molecule has 0 saturated carbocycles. The van der Waals surface area contributed by atoms with Gasteiger partial charge in [0.1, 0.15) is 18.0 Å². The van der Waals surface area contributed by atoms with Crippen LogP contribution in [0.25, 0.3) is 11.1 Å². The van der Waals surface area contributed by atoms with Crippen molar-refractivity contribution in [1.29, 1.82) is 0 Å². The molecule has 2 N–H and O–H groups in total. The van der Waals surface area contributed by atoms with E-state index in [1.54, 1.807) is 70.7 Å². The van der Waals surface area contributed by atoms with Gasteiger partial charge in [-0.1, -0.05) is 49.1 Å². The van der Waals surface area contributed by atoms with Crippen molar-refractivity contribution in [3.63, 3.8) is 0 Å². The Morgan fingerprint density at radius 3 is 2.29 bits per heavy atom. The summed E-state index contributed by atoms with van der Waals surface area (Å²) < 4.78 is 31.4. The van der Waals surface area contributed by atoms with Gasteiger partial charge in [0.25, 0.3) is 11.8 Å². The number of nitrogens with one attached hydrogen (secondary N) is 2. The number of methoxy groups -OCH3 is 3. The van der Waals surface area contributed by atoms with Crippen molar-refractivity contribution in [3.8, 4) is 22.6 Å². The Balaban J connectivity index is 0.990. The first-order valence-corrected chi connectivity index (χ1v) is 19.9. The topological polar surface area (TPSA) is 172 Å². The number of fused-ring (bicyclic) bond motifs is 3. The monoisotopic (exact) mass is 844 g/mol. The number of carbonyl (C=O) groups is 5. The van der Waals surface area contributed by atoms with E-state index in [0.717, 1.165) is 22.3 Å². The largest absolute Gasteiger partial charge is 0.493 e. The fraction of sp³-hybridized carbons (Fsp3) is 0.283. The number of aryl methyl sites for hydroxylation is 2. The lowest BCUT2D eigenvalue weighted by Crippen LogP contribution is -2.56. The molecule has 322 valence electrons. The number of nitrogens with zero attached hydrogens (tertiary/aromatic N) is 4. The molecular formula is C46H48N6O10. The molecule has 4 amide bonds. The number of rotatable bonds is 14. The molecular weight excluding hydrogens is 797 g/mol. The summed E-state index contributed by atoms with van der Waals surface area (Å²) in [5.74, 6) is -0.893. The van der Waals surface area contributed by atoms with Crippen molar-refractivity contribution in [1.82, 2.24) is 14.0 Å². The van der Waals surface area contributed by atoms with Gasteiger partial charge in [-0.15, -0.1) is 0 Å². The minimum Gasteiger partial charge on any atom is -0.493 e. The van der Waals surface area contributed by atoms with Gasteiger partial charge < -0.3 is 48.4 Å². The smallest absolute Gasteiger partial charge is 0.416 e. The van der Waals surface area contributed by atoms with E-state index in [2.05, 4.69) is 17.2 Å².